The van der Waals surface area contributed by atoms with Crippen molar-refractivity contribution in [2.75, 3.05) is 31.3 Å². The standard InChI is InChI=1S/C12H16FNO3S/c1-18(15,16)10-2-3-11(13)12(6-10)14-7-9-4-5-17-8-9/h2-3,6,9,14H,4-5,7-8H2,1H3. The third-order valence-electron chi connectivity index (χ3n) is 2.97. The van der Waals surface area contributed by atoms with E-state index in [1.807, 2.05) is 0 Å². The first-order valence-corrected chi connectivity index (χ1v) is 7.67. The Morgan fingerprint density at radius 1 is 1.50 bits per heavy atom. The lowest BCUT2D eigenvalue weighted by Crippen LogP contribution is -2.15. The third-order valence-corrected chi connectivity index (χ3v) is 4.08. The van der Waals surface area contributed by atoms with Gasteiger partial charge in [-0.2, -0.15) is 0 Å². The molecule has 0 radical (unpaired) electrons. The van der Waals surface area contributed by atoms with E-state index in [4.69, 9.17) is 4.74 Å². The fraction of sp³-hybridized carbons (Fsp3) is 0.500. The van der Waals surface area contributed by atoms with Crippen LogP contribution >= 0.6 is 0 Å². The molecule has 0 spiro atoms. The van der Waals surface area contributed by atoms with Crippen molar-refractivity contribution in [2.45, 2.75) is 11.3 Å². The van der Waals surface area contributed by atoms with Gasteiger partial charge in [-0.25, -0.2) is 12.8 Å². The van der Waals surface area contributed by atoms with Gasteiger partial charge in [0.15, 0.2) is 9.84 Å². The van der Waals surface area contributed by atoms with Crippen LogP contribution < -0.4 is 5.32 Å². The maximum Gasteiger partial charge on any atom is 0.175 e. The van der Waals surface area contributed by atoms with Crippen LogP contribution in [0.3, 0.4) is 0 Å². The highest BCUT2D eigenvalue weighted by Crippen LogP contribution is 2.21. The zero-order valence-corrected chi connectivity index (χ0v) is 11.0. The van der Waals surface area contributed by atoms with Crippen molar-refractivity contribution < 1.29 is 17.5 Å². The molecule has 18 heavy (non-hydrogen) atoms. The lowest BCUT2D eigenvalue weighted by molar-refractivity contribution is 0.187. The van der Waals surface area contributed by atoms with E-state index < -0.39 is 15.7 Å². The SMILES string of the molecule is CS(=O)(=O)c1ccc(F)c(NCC2CCOC2)c1. The van der Waals surface area contributed by atoms with Crippen molar-refractivity contribution in [3.05, 3.63) is 24.0 Å². The summed E-state index contributed by atoms with van der Waals surface area (Å²) >= 11 is 0. The molecular weight excluding hydrogens is 257 g/mol. The summed E-state index contributed by atoms with van der Waals surface area (Å²) in [5.74, 6) is -0.0902. The highest BCUT2D eigenvalue weighted by Gasteiger charge is 2.16. The first-order valence-electron chi connectivity index (χ1n) is 5.78. The van der Waals surface area contributed by atoms with Gasteiger partial charge in [-0.15, -0.1) is 0 Å². The summed E-state index contributed by atoms with van der Waals surface area (Å²) in [6.45, 7) is 1.99. The van der Waals surface area contributed by atoms with Crippen molar-refractivity contribution in [1.82, 2.24) is 0 Å². The largest absolute Gasteiger partial charge is 0.382 e. The van der Waals surface area contributed by atoms with Gasteiger partial charge in [-0.05, 0) is 24.6 Å². The molecule has 100 valence electrons. The van der Waals surface area contributed by atoms with Crippen LogP contribution in [0.2, 0.25) is 0 Å². The van der Waals surface area contributed by atoms with Crippen LogP contribution in [-0.2, 0) is 14.6 Å². The molecule has 1 aromatic carbocycles. The van der Waals surface area contributed by atoms with Crippen LogP contribution in [0.4, 0.5) is 10.1 Å². The molecule has 2 rings (SSSR count). The third kappa shape index (κ3) is 3.20. The van der Waals surface area contributed by atoms with E-state index in [0.717, 1.165) is 19.3 Å². The molecule has 1 heterocycles. The number of halogens is 1. The van der Waals surface area contributed by atoms with Crippen LogP contribution in [0.5, 0.6) is 0 Å². The number of hydrogen-bond donors (Lipinski definition) is 1. The minimum absolute atomic E-state index is 0.120. The summed E-state index contributed by atoms with van der Waals surface area (Å²) in [5.41, 5.74) is 0.227. The normalized spacial score (nSPS) is 20.0. The quantitative estimate of drug-likeness (QED) is 0.848. The Balaban J connectivity index is 2.11. The lowest BCUT2D eigenvalue weighted by Gasteiger charge is -2.12. The average Bonchev–Trinajstić information content (AvgIpc) is 2.79. The molecule has 1 saturated heterocycles. The Morgan fingerprint density at radius 2 is 2.28 bits per heavy atom. The Kier molecular flexibility index (Phi) is 3.87. The first-order chi connectivity index (χ1) is 8.47. The van der Waals surface area contributed by atoms with Gasteiger partial charge in [0.05, 0.1) is 17.2 Å². The molecule has 1 atom stereocenters. The van der Waals surface area contributed by atoms with Crippen molar-refractivity contribution in [3.63, 3.8) is 0 Å². The summed E-state index contributed by atoms with van der Waals surface area (Å²) in [6.07, 6.45) is 2.05. The van der Waals surface area contributed by atoms with Crippen LogP contribution in [0.25, 0.3) is 0 Å². The number of ether oxygens (including phenoxy) is 1. The van der Waals surface area contributed by atoms with E-state index in [1.165, 1.54) is 18.2 Å². The van der Waals surface area contributed by atoms with Gasteiger partial charge in [0.2, 0.25) is 0 Å². The van der Waals surface area contributed by atoms with Gasteiger partial charge in [0.25, 0.3) is 0 Å². The van der Waals surface area contributed by atoms with E-state index in [9.17, 15) is 12.8 Å². The lowest BCUT2D eigenvalue weighted by atomic mass is 10.1. The number of rotatable bonds is 4. The molecule has 1 N–H and O–H groups in total. The predicted molar refractivity (Wildman–Crippen MR) is 66.9 cm³/mol. The van der Waals surface area contributed by atoms with Crippen molar-refractivity contribution in [2.24, 2.45) is 5.92 Å². The van der Waals surface area contributed by atoms with Crippen molar-refractivity contribution in [3.8, 4) is 0 Å². The van der Waals surface area contributed by atoms with E-state index in [0.29, 0.717) is 19.1 Å². The number of sulfone groups is 1. The minimum Gasteiger partial charge on any atom is -0.382 e. The predicted octanol–water partition coefficient (Wildman–Crippen LogP) is 1.68. The Hall–Kier alpha value is -1.14. The number of anilines is 1. The van der Waals surface area contributed by atoms with Gasteiger partial charge in [-0.1, -0.05) is 0 Å². The molecular formula is C12H16FNO3S. The maximum absolute atomic E-state index is 13.5. The summed E-state index contributed by atoms with van der Waals surface area (Å²) in [7, 11) is -3.31. The van der Waals surface area contributed by atoms with Gasteiger partial charge in [-0.3, -0.25) is 0 Å². The monoisotopic (exact) mass is 273 g/mol. The summed E-state index contributed by atoms with van der Waals surface area (Å²) in [5, 5.41) is 2.95. The van der Waals surface area contributed by atoms with Crippen LogP contribution in [0.15, 0.2) is 23.1 Å². The highest BCUT2D eigenvalue weighted by molar-refractivity contribution is 7.90. The Bertz CT molecular complexity index is 524. The van der Waals surface area contributed by atoms with E-state index >= 15 is 0 Å². The van der Waals surface area contributed by atoms with Gasteiger partial charge in [0, 0.05) is 25.3 Å². The molecule has 1 aliphatic heterocycles. The number of hydrogen-bond acceptors (Lipinski definition) is 4. The topological polar surface area (TPSA) is 55.4 Å². The average molecular weight is 273 g/mol. The van der Waals surface area contributed by atoms with Crippen molar-refractivity contribution in [1.29, 1.82) is 0 Å². The fourth-order valence-corrected chi connectivity index (χ4v) is 2.52. The highest BCUT2D eigenvalue weighted by atomic mass is 32.2. The number of nitrogens with one attached hydrogen (secondary N) is 1. The summed E-state index contributed by atoms with van der Waals surface area (Å²) in [4.78, 5) is 0.120. The second-order valence-electron chi connectivity index (χ2n) is 4.52. The number of benzene rings is 1. The summed E-state index contributed by atoms with van der Waals surface area (Å²) in [6, 6.07) is 3.78. The van der Waals surface area contributed by atoms with E-state index in [2.05, 4.69) is 5.32 Å². The maximum atomic E-state index is 13.5. The van der Waals surface area contributed by atoms with Gasteiger partial charge < -0.3 is 10.1 Å². The molecule has 1 fully saturated rings. The molecule has 0 aliphatic carbocycles. The molecule has 1 unspecified atom stereocenters. The molecule has 0 amide bonds. The molecule has 0 bridgehead atoms. The minimum atomic E-state index is -3.31. The molecule has 1 aromatic rings. The second kappa shape index (κ2) is 5.24. The zero-order chi connectivity index (χ0) is 13.2. The van der Waals surface area contributed by atoms with Crippen molar-refractivity contribution >= 4 is 15.5 Å². The summed E-state index contributed by atoms with van der Waals surface area (Å²) < 4.78 is 41.5. The van der Waals surface area contributed by atoms with E-state index in [-0.39, 0.29) is 10.6 Å². The van der Waals surface area contributed by atoms with Crippen LogP contribution in [-0.4, -0.2) is 34.4 Å². The molecule has 0 saturated carbocycles. The van der Waals surface area contributed by atoms with Gasteiger partial charge in [0.1, 0.15) is 5.82 Å². The molecule has 1 aliphatic rings. The molecule has 6 heteroatoms. The second-order valence-corrected chi connectivity index (χ2v) is 6.54. The van der Waals surface area contributed by atoms with E-state index in [1.54, 1.807) is 0 Å². The zero-order valence-electron chi connectivity index (χ0n) is 10.1. The van der Waals surface area contributed by atoms with Crippen LogP contribution in [0, 0.1) is 11.7 Å². The molecule has 4 nitrogen and oxygen atoms in total. The smallest absolute Gasteiger partial charge is 0.175 e. The molecule has 0 aromatic heterocycles. The first kappa shape index (κ1) is 13.3. The fourth-order valence-electron chi connectivity index (χ4n) is 1.87. The Labute approximate surface area is 106 Å². The van der Waals surface area contributed by atoms with Gasteiger partial charge >= 0.3 is 0 Å². The van der Waals surface area contributed by atoms with Crippen LogP contribution in [0.1, 0.15) is 6.42 Å². The Morgan fingerprint density at radius 3 is 2.89 bits per heavy atom.